The first-order valence-electron chi connectivity index (χ1n) is 9.44. The second-order valence-electron chi connectivity index (χ2n) is 8.33. The molecule has 1 N–H and O–H groups in total. The Kier molecular flexibility index (Phi) is 8.12. The van der Waals surface area contributed by atoms with E-state index in [4.69, 9.17) is 0 Å². The second-order valence-corrected chi connectivity index (χ2v) is 8.33. The highest BCUT2D eigenvalue weighted by molar-refractivity contribution is 5.31. The molecule has 0 spiro atoms. The molecule has 1 nitrogen and oxygen atoms in total. The number of aliphatic hydroxyl groups is 1. The molecule has 0 radical (unpaired) electrons. The van der Waals surface area contributed by atoms with Gasteiger partial charge in [-0.05, 0) is 23.5 Å². The van der Waals surface area contributed by atoms with Gasteiger partial charge in [0, 0.05) is 0 Å². The van der Waals surface area contributed by atoms with Gasteiger partial charge in [0.2, 0.25) is 0 Å². The van der Waals surface area contributed by atoms with Crippen molar-refractivity contribution >= 4 is 0 Å². The maximum Gasteiger partial charge on any atom is 0.460 e. The van der Waals surface area contributed by atoms with Crippen LogP contribution in [0, 0.1) is 5.92 Å². The van der Waals surface area contributed by atoms with E-state index in [1.54, 1.807) is 0 Å². The van der Waals surface area contributed by atoms with Gasteiger partial charge in [0.05, 0.1) is 6.42 Å². The molecule has 1 rings (SSSR count). The molecule has 210 valence electrons. The predicted molar refractivity (Wildman–Crippen MR) is 90.3 cm³/mol. The summed E-state index contributed by atoms with van der Waals surface area (Å²) in [5.74, 6) is -39.9. The Morgan fingerprint density at radius 2 is 1.08 bits per heavy atom. The van der Waals surface area contributed by atoms with Crippen LogP contribution in [0.15, 0.2) is 24.3 Å². The lowest BCUT2D eigenvalue weighted by atomic mass is 9.82. The molecule has 0 aliphatic carbocycles. The summed E-state index contributed by atoms with van der Waals surface area (Å²) < 4.78 is 213. The van der Waals surface area contributed by atoms with Crippen LogP contribution in [0.5, 0.6) is 0 Å². The third kappa shape index (κ3) is 5.08. The zero-order valence-corrected chi connectivity index (χ0v) is 17.8. The predicted octanol–water partition coefficient (Wildman–Crippen LogP) is 7.76. The number of hydrogen-bond acceptors (Lipinski definition) is 1. The maximum atomic E-state index is 14.2. The van der Waals surface area contributed by atoms with Crippen molar-refractivity contribution in [3.05, 3.63) is 35.4 Å². The molecule has 1 aromatic carbocycles. The fourth-order valence-electron chi connectivity index (χ4n) is 3.03. The molecule has 1 unspecified atom stereocenters. The fraction of sp³-hybridized carbons (Fsp3) is 0.684. The van der Waals surface area contributed by atoms with E-state index in [1.807, 2.05) is 0 Å². The van der Waals surface area contributed by atoms with Crippen LogP contribution in [-0.2, 0) is 12.0 Å². The van der Waals surface area contributed by atoms with E-state index in [1.165, 1.54) is 13.8 Å². The van der Waals surface area contributed by atoms with Gasteiger partial charge in [-0.25, -0.2) is 0 Å². The van der Waals surface area contributed by atoms with Crippen molar-refractivity contribution < 1.29 is 75.4 Å². The Morgan fingerprint density at radius 3 is 1.47 bits per heavy atom. The third-order valence-corrected chi connectivity index (χ3v) is 4.99. The average molecular weight is 564 g/mol. The van der Waals surface area contributed by atoms with Crippen LogP contribution in [0.4, 0.5) is 70.2 Å². The lowest BCUT2D eigenvalue weighted by molar-refractivity contribution is -0.443. The molecule has 0 bridgehead atoms. The van der Waals surface area contributed by atoms with Crippen molar-refractivity contribution in [1.29, 1.82) is 0 Å². The molecule has 0 heterocycles. The Hall–Kier alpha value is -1.94. The number of benzene rings is 1. The molecule has 1 aromatic rings. The molecular weight excluding hydrogens is 548 g/mol. The summed E-state index contributed by atoms with van der Waals surface area (Å²) in [5.41, 5.74) is -6.91. The lowest BCUT2D eigenvalue weighted by Gasteiger charge is -2.42. The summed E-state index contributed by atoms with van der Waals surface area (Å²) in [6, 6.07) is 2.43. The molecule has 0 aliphatic rings. The number of halogens is 16. The van der Waals surface area contributed by atoms with E-state index in [2.05, 4.69) is 0 Å². The van der Waals surface area contributed by atoms with E-state index >= 15 is 0 Å². The molecule has 1 atom stereocenters. The minimum atomic E-state index is -8.27. The first kappa shape index (κ1) is 32.1. The quantitative estimate of drug-likeness (QED) is 0.304. The maximum absolute atomic E-state index is 14.2. The lowest BCUT2D eigenvalue weighted by Crippen LogP contribution is -2.70. The molecule has 0 aliphatic heterocycles. The zero-order chi connectivity index (χ0) is 29.0. The van der Waals surface area contributed by atoms with E-state index < -0.39 is 59.6 Å². The van der Waals surface area contributed by atoms with Crippen molar-refractivity contribution in [3.8, 4) is 0 Å². The van der Waals surface area contributed by atoms with Crippen LogP contribution in [-0.4, -0.2) is 47.1 Å². The van der Waals surface area contributed by atoms with Crippen LogP contribution in [0.25, 0.3) is 0 Å². The third-order valence-electron chi connectivity index (χ3n) is 4.99. The van der Waals surface area contributed by atoms with E-state index in [0.717, 1.165) is 6.07 Å². The molecule has 0 fully saturated rings. The zero-order valence-electron chi connectivity index (χ0n) is 17.8. The van der Waals surface area contributed by atoms with Crippen LogP contribution in [0.1, 0.15) is 31.4 Å². The molecule has 0 aromatic heterocycles. The number of alkyl halides is 16. The Balaban J connectivity index is 3.69. The minimum Gasteiger partial charge on any atom is -0.376 e. The summed E-state index contributed by atoms with van der Waals surface area (Å²) in [6.45, 7) is 3.05. The Morgan fingerprint density at radius 1 is 0.639 bits per heavy atom. The monoisotopic (exact) mass is 564 g/mol. The van der Waals surface area contributed by atoms with Crippen LogP contribution in [0.2, 0.25) is 0 Å². The van der Waals surface area contributed by atoms with Gasteiger partial charge in [-0.1, -0.05) is 38.1 Å². The standard InChI is InChI=1S/C19H16F16O/c1-9(2)6-10-4-3-5-11(7-10)12(36,18(30,31)32)8-13(20,21)14(22,23)15(24,25)16(26,27)17(28,29)19(33,34)35/h3-5,7,9,36H,6,8H2,1-2H3. The SMILES string of the molecule is CC(C)Cc1cccc(C(O)(CC(F)(F)C(F)(F)C(F)(F)C(F)(F)C(F)(F)C(F)(F)F)C(F)(F)F)c1. The highest BCUT2D eigenvalue weighted by Gasteiger charge is 2.91. The highest BCUT2D eigenvalue weighted by Crippen LogP contribution is 2.62. The molecule has 17 heteroatoms. The molecule has 0 saturated heterocycles. The molecule has 0 saturated carbocycles. The highest BCUT2D eigenvalue weighted by atomic mass is 19.4. The van der Waals surface area contributed by atoms with Crippen molar-refractivity contribution in [2.45, 2.75) is 74.3 Å². The summed E-state index contributed by atoms with van der Waals surface area (Å²) in [7, 11) is 0. The van der Waals surface area contributed by atoms with Gasteiger partial charge >= 0.3 is 42.0 Å². The minimum absolute atomic E-state index is 0.0782. The summed E-state index contributed by atoms with van der Waals surface area (Å²) in [5, 5.41) is 9.94. The van der Waals surface area contributed by atoms with Crippen molar-refractivity contribution in [1.82, 2.24) is 0 Å². The summed E-state index contributed by atoms with van der Waals surface area (Å²) in [4.78, 5) is 0. The van der Waals surface area contributed by atoms with Crippen molar-refractivity contribution in [2.24, 2.45) is 5.92 Å². The fourth-order valence-corrected chi connectivity index (χ4v) is 3.03. The first-order chi connectivity index (χ1) is 15.6. The van der Waals surface area contributed by atoms with Crippen LogP contribution >= 0.6 is 0 Å². The van der Waals surface area contributed by atoms with Gasteiger partial charge in [-0.2, -0.15) is 70.2 Å². The summed E-state index contributed by atoms with van der Waals surface area (Å²) in [6.07, 6.45) is -18.0. The average Bonchev–Trinajstić information content (AvgIpc) is 2.64. The number of hydrogen-bond donors (Lipinski definition) is 1. The van der Waals surface area contributed by atoms with Gasteiger partial charge in [0.1, 0.15) is 0 Å². The van der Waals surface area contributed by atoms with E-state index in [9.17, 15) is 75.4 Å². The molecular formula is C19H16F16O. The molecule has 0 amide bonds. The largest absolute Gasteiger partial charge is 0.460 e. The first-order valence-corrected chi connectivity index (χ1v) is 9.44. The van der Waals surface area contributed by atoms with Gasteiger partial charge < -0.3 is 5.11 Å². The molecule has 36 heavy (non-hydrogen) atoms. The van der Waals surface area contributed by atoms with Gasteiger partial charge in [-0.3, -0.25) is 0 Å². The Bertz CT molecular complexity index is 915. The van der Waals surface area contributed by atoms with Gasteiger partial charge in [0.25, 0.3) is 0 Å². The van der Waals surface area contributed by atoms with E-state index in [0.29, 0.717) is 12.1 Å². The normalized spacial score (nSPS) is 16.9. The number of rotatable bonds is 9. The summed E-state index contributed by atoms with van der Waals surface area (Å²) >= 11 is 0. The van der Waals surface area contributed by atoms with Crippen molar-refractivity contribution in [3.63, 3.8) is 0 Å². The van der Waals surface area contributed by atoms with E-state index in [-0.39, 0.29) is 24.0 Å². The van der Waals surface area contributed by atoms with Crippen LogP contribution < -0.4 is 0 Å². The van der Waals surface area contributed by atoms with Gasteiger partial charge in [-0.15, -0.1) is 0 Å². The topological polar surface area (TPSA) is 20.2 Å². The van der Waals surface area contributed by atoms with Crippen LogP contribution in [0.3, 0.4) is 0 Å². The Labute approximate surface area is 192 Å². The smallest absolute Gasteiger partial charge is 0.376 e. The second kappa shape index (κ2) is 9.11. The van der Waals surface area contributed by atoms with Crippen molar-refractivity contribution in [2.75, 3.05) is 0 Å². The van der Waals surface area contributed by atoms with Gasteiger partial charge in [0.15, 0.2) is 5.60 Å².